The van der Waals surface area contributed by atoms with Crippen LogP contribution in [0.1, 0.15) is 6.92 Å². The Morgan fingerprint density at radius 1 is 1.21 bits per heavy atom. The number of imide groups is 1. The Labute approximate surface area is 159 Å². The van der Waals surface area contributed by atoms with E-state index in [1.807, 2.05) is 6.92 Å². The molecule has 0 bridgehead atoms. The molecule has 2 aromatic rings. The first-order chi connectivity index (χ1) is 13.4. The fourth-order valence-electron chi connectivity index (χ4n) is 2.73. The smallest absolute Gasteiger partial charge is 0.328 e. The van der Waals surface area contributed by atoms with Crippen molar-refractivity contribution >= 4 is 29.2 Å². The summed E-state index contributed by atoms with van der Waals surface area (Å²) in [6.45, 7) is 2.05. The van der Waals surface area contributed by atoms with Crippen molar-refractivity contribution in [1.82, 2.24) is 5.32 Å². The first-order valence-electron chi connectivity index (χ1n) is 8.51. The van der Waals surface area contributed by atoms with Gasteiger partial charge in [0.15, 0.2) is 0 Å². The molecule has 146 valence electrons. The van der Waals surface area contributed by atoms with Gasteiger partial charge in [-0.1, -0.05) is 0 Å². The van der Waals surface area contributed by atoms with E-state index in [2.05, 4.69) is 10.6 Å². The number of urea groups is 1. The second-order valence-electron chi connectivity index (χ2n) is 5.95. The van der Waals surface area contributed by atoms with Crippen molar-refractivity contribution < 1.29 is 27.9 Å². The fourth-order valence-corrected chi connectivity index (χ4v) is 2.73. The highest BCUT2D eigenvalue weighted by atomic mass is 19.1. The predicted molar refractivity (Wildman–Crippen MR) is 97.0 cm³/mol. The van der Waals surface area contributed by atoms with Gasteiger partial charge in [0.25, 0.3) is 0 Å². The van der Waals surface area contributed by atoms with Crippen molar-refractivity contribution in [3.05, 3.63) is 54.1 Å². The molecule has 1 saturated heterocycles. The molecule has 28 heavy (non-hydrogen) atoms. The molecule has 7 nitrogen and oxygen atoms in total. The molecule has 4 amide bonds. The third-order valence-electron chi connectivity index (χ3n) is 4.09. The van der Waals surface area contributed by atoms with Crippen molar-refractivity contribution in [3.8, 4) is 5.75 Å². The van der Waals surface area contributed by atoms with Gasteiger partial charge in [-0.15, -0.1) is 0 Å². The predicted octanol–water partition coefficient (Wildman–Crippen LogP) is 2.67. The quantitative estimate of drug-likeness (QED) is 0.770. The van der Waals surface area contributed by atoms with Gasteiger partial charge in [0.05, 0.1) is 18.0 Å². The number of benzene rings is 2. The molecule has 1 atom stereocenters. The monoisotopic (exact) mass is 389 g/mol. The van der Waals surface area contributed by atoms with Crippen LogP contribution in [0.3, 0.4) is 0 Å². The number of anilines is 2. The molecule has 0 spiro atoms. The SMILES string of the molecule is CCOc1ccc(N2C(=O)NCC(C(=O)Nc3ccc(F)cc3F)C2=O)cc1. The van der Waals surface area contributed by atoms with E-state index in [1.54, 1.807) is 12.1 Å². The molecule has 0 saturated carbocycles. The topological polar surface area (TPSA) is 87.7 Å². The summed E-state index contributed by atoms with van der Waals surface area (Å²) in [4.78, 5) is 38.2. The van der Waals surface area contributed by atoms with E-state index in [0.717, 1.165) is 17.0 Å². The van der Waals surface area contributed by atoms with Crippen LogP contribution in [-0.2, 0) is 9.59 Å². The standard InChI is InChI=1S/C19H17F2N3O4/c1-2-28-13-6-4-12(5-7-13)24-18(26)14(10-22-19(24)27)17(25)23-16-8-3-11(20)9-15(16)21/h3-9,14H,2,10H2,1H3,(H,22,27)(H,23,25). The summed E-state index contributed by atoms with van der Waals surface area (Å²) in [5.74, 6) is -4.03. The maximum absolute atomic E-state index is 13.7. The maximum atomic E-state index is 13.7. The zero-order valence-electron chi connectivity index (χ0n) is 14.9. The van der Waals surface area contributed by atoms with Gasteiger partial charge in [0.2, 0.25) is 11.8 Å². The van der Waals surface area contributed by atoms with E-state index in [1.165, 1.54) is 12.1 Å². The largest absolute Gasteiger partial charge is 0.494 e. The first kappa shape index (κ1) is 19.3. The zero-order chi connectivity index (χ0) is 20.3. The van der Waals surface area contributed by atoms with E-state index in [-0.39, 0.29) is 17.9 Å². The summed E-state index contributed by atoms with van der Waals surface area (Å²) in [5, 5.41) is 4.71. The normalized spacial score (nSPS) is 16.5. The van der Waals surface area contributed by atoms with Crippen LogP contribution in [0.2, 0.25) is 0 Å². The van der Waals surface area contributed by atoms with E-state index in [9.17, 15) is 23.2 Å². The van der Waals surface area contributed by atoms with Gasteiger partial charge in [-0.05, 0) is 43.3 Å². The van der Waals surface area contributed by atoms with Crippen LogP contribution >= 0.6 is 0 Å². The Morgan fingerprint density at radius 3 is 2.57 bits per heavy atom. The highest BCUT2D eigenvalue weighted by Gasteiger charge is 2.39. The van der Waals surface area contributed by atoms with Gasteiger partial charge in [0, 0.05) is 12.6 Å². The first-order valence-corrected chi connectivity index (χ1v) is 8.51. The van der Waals surface area contributed by atoms with Gasteiger partial charge in [0.1, 0.15) is 23.3 Å². The lowest BCUT2D eigenvalue weighted by atomic mass is 10.0. The van der Waals surface area contributed by atoms with Crippen LogP contribution in [-0.4, -0.2) is 31.0 Å². The summed E-state index contributed by atoms with van der Waals surface area (Å²) >= 11 is 0. The van der Waals surface area contributed by atoms with Crippen LogP contribution in [0.15, 0.2) is 42.5 Å². The van der Waals surface area contributed by atoms with Gasteiger partial charge >= 0.3 is 6.03 Å². The summed E-state index contributed by atoms with van der Waals surface area (Å²) in [5.41, 5.74) is 0.000123. The molecule has 1 heterocycles. The van der Waals surface area contributed by atoms with Crippen LogP contribution in [0.25, 0.3) is 0 Å². The molecule has 0 aromatic heterocycles. The molecule has 2 aromatic carbocycles. The van der Waals surface area contributed by atoms with Crippen LogP contribution in [0, 0.1) is 17.6 Å². The molecular formula is C19H17F2N3O4. The Kier molecular flexibility index (Phi) is 5.53. The Morgan fingerprint density at radius 2 is 1.93 bits per heavy atom. The minimum atomic E-state index is -1.27. The summed E-state index contributed by atoms with van der Waals surface area (Å²) in [6, 6.07) is 8.20. The average molecular weight is 389 g/mol. The molecule has 1 aliphatic rings. The van der Waals surface area contributed by atoms with Crippen molar-refractivity contribution in [2.45, 2.75) is 6.92 Å². The summed E-state index contributed by atoms with van der Waals surface area (Å²) in [6.07, 6.45) is 0. The van der Waals surface area contributed by atoms with Crippen molar-refractivity contribution in [2.24, 2.45) is 5.92 Å². The van der Waals surface area contributed by atoms with Crippen molar-refractivity contribution in [2.75, 3.05) is 23.4 Å². The fraction of sp³-hybridized carbons (Fsp3) is 0.211. The van der Waals surface area contributed by atoms with Crippen molar-refractivity contribution in [3.63, 3.8) is 0 Å². The number of carbonyl (C=O) groups excluding carboxylic acids is 3. The molecule has 9 heteroatoms. The maximum Gasteiger partial charge on any atom is 0.328 e. The third kappa shape index (κ3) is 3.93. The molecule has 3 rings (SSSR count). The lowest BCUT2D eigenvalue weighted by Gasteiger charge is -2.30. The van der Waals surface area contributed by atoms with E-state index in [4.69, 9.17) is 4.74 Å². The van der Waals surface area contributed by atoms with E-state index >= 15 is 0 Å². The van der Waals surface area contributed by atoms with Gasteiger partial charge in [-0.25, -0.2) is 18.5 Å². The van der Waals surface area contributed by atoms with Gasteiger partial charge in [-0.2, -0.15) is 0 Å². The number of hydrogen-bond donors (Lipinski definition) is 2. The third-order valence-corrected chi connectivity index (χ3v) is 4.09. The van der Waals surface area contributed by atoms with Crippen LogP contribution < -0.4 is 20.3 Å². The van der Waals surface area contributed by atoms with Gasteiger partial charge < -0.3 is 15.4 Å². The minimum Gasteiger partial charge on any atom is -0.494 e. The number of ether oxygens (including phenoxy) is 1. The Hall–Kier alpha value is -3.49. The zero-order valence-corrected chi connectivity index (χ0v) is 14.9. The van der Waals surface area contributed by atoms with Crippen molar-refractivity contribution in [1.29, 1.82) is 0 Å². The highest BCUT2D eigenvalue weighted by molar-refractivity contribution is 6.23. The average Bonchev–Trinajstić information content (AvgIpc) is 2.65. The molecule has 0 aliphatic carbocycles. The second-order valence-corrected chi connectivity index (χ2v) is 5.95. The molecule has 1 unspecified atom stereocenters. The summed E-state index contributed by atoms with van der Waals surface area (Å²) in [7, 11) is 0. The number of rotatable bonds is 5. The van der Waals surface area contributed by atoms with Gasteiger partial charge in [-0.3, -0.25) is 9.59 Å². The molecule has 0 radical (unpaired) electrons. The number of nitrogens with zero attached hydrogens (tertiary/aromatic N) is 1. The molecule has 1 aliphatic heterocycles. The lowest BCUT2D eigenvalue weighted by molar-refractivity contribution is -0.130. The Bertz CT molecular complexity index is 918. The number of hydrogen-bond acceptors (Lipinski definition) is 4. The lowest BCUT2D eigenvalue weighted by Crippen LogP contribution is -2.58. The molecule has 1 fully saturated rings. The molecule has 2 N–H and O–H groups in total. The van der Waals surface area contributed by atoms with E-state index < -0.39 is 35.4 Å². The Balaban J connectivity index is 1.78. The highest BCUT2D eigenvalue weighted by Crippen LogP contribution is 2.24. The van der Waals surface area contributed by atoms with Crippen LogP contribution in [0.4, 0.5) is 25.0 Å². The summed E-state index contributed by atoms with van der Waals surface area (Å²) < 4.78 is 32.1. The second kappa shape index (κ2) is 8.03. The van der Waals surface area contributed by atoms with Crippen LogP contribution in [0.5, 0.6) is 5.75 Å². The number of carbonyl (C=O) groups is 3. The number of nitrogens with one attached hydrogen (secondary N) is 2. The molecular weight excluding hydrogens is 372 g/mol. The minimum absolute atomic E-state index is 0.236. The number of amides is 4. The number of halogens is 2. The van der Waals surface area contributed by atoms with E-state index in [0.29, 0.717) is 18.4 Å².